The van der Waals surface area contributed by atoms with Crippen LogP contribution in [0.25, 0.3) is 0 Å². The second-order valence-corrected chi connectivity index (χ2v) is 4.69. The molecule has 1 aromatic heterocycles. The number of hydrogen-bond acceptors (Lipinski definition) is 3. The lowest BCUT2D eigenvalue weighted by Gasteiger charge is -2.05. The van der Waals surface area contributed by atoms with E-state index in [9.17, 15) is 4.39 Å². The van der Waals surface area contributed by atoms with Crippen LogP contribution in [0.5, 0.6) is 0 Å². The first-order valence-electron chi connectivity index (χ1n) is 5.37. The topological polar surface area (TPSA) is 39.2 Å². The third-order valence-electron chi connectivity index (χ3n) is 2.43. The fraction of sp³-hybridized carbons (Fsp3) is 0.231. The summed E-state index contributed by atoms with van der Waals surface area (Å²) < 4.78 is 18.7. The Morgan fingerprint density at radius 3 is 2.82 bits per heavy atom. The van der Waals surface area contributed by atoms with E-state index in [4.69, 9.17) is 10.2 Å². The largest absolute Gasteiger partial charge is 0.468 e. The van der Waals surface area contributed by atoms with Gasteiger partial charge < -0.3 is 10.2 Å². The molecule has 0 aliphatic carbocycles. The molecule has 0 saturated carbocycles. The summed E-state index contributed by atoms with van der Waals surface area (Å²) in [6.45, 7) is 0.441. The van der Waals surface area contributed by atoms with Crippen LogP contribution in [0.3, 0.4) is 0 Å². The van der Waals surface area contributed by atoms with Crippen LogP contribution < -0.4 is 5.73 Å². The van der Waals surface area contributed by atoms with Gasteiger partial charge in [0.15, 0.2) is 0 Å². The van der Waals surface area contributed by atoms with Crippen molar-refractivity contribution in [3.05, 3.63) is 59.3 Å². The Bertz CT molecular complexity index is 470. The first-order valence-corrected chi connectivity index (χ1v) is 6.52. The Hall–Kier alpha value is -1.26. The third kappa shape index (κ3) is 3.35. The molecule has 2 N–H and O–H groups in total. The number of thioether (sulfide) groups is 1. The van der Waals surface area contributed by atoms with Crippen LogP contribution in [0.2, 0.25) is 0 Å². The van der Waals surface area contributed by atoms with Crippen molar-refractivity contribution < 1.29 is 8.81 Å². The molecule has 2 rings (SSSR count). The molecule has 0 bridgehead atoms. The highest BCUT2D eigenvalue weighted by molar-refractivity contribution is 7.97. The summed E-state index contributed by atoms with van der Waals surface area (Å²) in [5.41, 5.74) is 7.19. The van der Waals surface area contributed by atoms with Gasteiger partial charge >= 0.3 is 0 Å². The van der Waals surface area contributed by atoms with E-state index in [0.29, 0.717) is 17.9 Å². The third-order valence-corrected chi connectivity index (χ3v) is 3.43. The van der Waals surface area contributed by atoms with E-state index < -0.39 is 0 Å². The maximum absolute atomic E-state index is 13.5. The second kappa shape index (κ2) is 5.89. The van der Waals surface area contributed by atoms with Crippen LogP contribution in [-0.2, 0) is 18.1 Å². The Morgan fingerprint density at radius 2 is 2.12 bits per heavy atom. The highest BCUT2D eigenvalue weighted by Crippen LogP contribution is 2.21. The van der Waals surface area contributed by atoms with Crippen LogP contribution in [0.4, 0.5) is 4.39 Å². The molecule has 4 heteroatoms. The van der Waals surface area contributed by atoms with Gasteiger partial charge in [0.25, 0.3) is 0 Å². The van der Waals surface area contributed by atoms with Crippen molar-refractivity contribution in [3.63, 3.8) is 0 Å². The van der Waals surface area contributed by atoms with E-state index >= 15 is 0 Å². The van der Waals surface area contributed by atoms with Gasteiger partial charge in [-0.2, -0.15) is 0 Å². The van der Waals surface area contributed by atoms with Crippen LogP contribution in [0.1, 0.15) is 16.9 Å². The average Bonchev–Trinajstić information content (AvgIpc) is 2.84. The number of benzene rings is 1. The minimum absolute atomic E-state index is 0.172. The van der Waals surface area contributed by atoms with E-state index in [1.165, 1.54) is 6.07 Å². The molecule has 90 valence electrons. The van der Waals surface area contributed by atoms with Crippen molar-refractivity contribution in [1.29, 1.82) is 0 Å². The summed E-state index contributed by atoms with van der Waals surface area (Å²) in [7, 11) is 0. The van der Waals surface area contributed by atoms with E-state index in [0.717, 1.165) is 17.1 Å². The number of hydrogen-bond donors (Lipinski definition) is 1. The molecule has 0 fully saturated rings. The molecule has 0 spiro atoms. The summed E-state index contributed by atoms with van der Waals surface area (Å²) in [5.74, 6) is 2.11. The summed E-state index contributed by atoms with van der Waals surface area (Å²) >= 11 is 1.62. The van der Waals surface area contributed by atoms with Crippen molar-refractivity contribution in [1.82, 2.24) is 0 Å². The number of rotatable bonds is 5. The van der Waals surface area contributed by atoms with E-state index in [-0.39, 0.29) is 5.82 Å². The summed E-state index contributed by atoms with van der Waals surface area (Å²) in [6, 6.07) is 8.79. The zero-order valence-corrected chi connectivity index (χ0v) is 10.2. The molecule has 2 aromatic rings. The average molecular weight is 251 g/mol. The molecule has 0 aliphatic rings. The van der Waals surface area contributed by atoms with Crippen LogP contribution >= 0.6 is 11.8 Å². The number of furan rings is 1. The highest BCUT2D eigenvalue weighted by atomic mass is 32.2. The molecule has 0 saturated heterocycles. The van der Waals surface area contributed by atoms with E-state index in [1.807, 2.05) is 18.2 Å². The van der Waals surface area contributed by atoms with Gasteiger partial charge in [-0.25, -0.2) is 4.39 Å². The maximum Gasteiger partial charge on any atom is 0.127 e. The van der Waals surface area contributed by atoms with Gasteiger partial charge in [-0.3, -0.25) is 0 Å². The Morgan fingerprint density at radius 1 is 1.24 bits per heavy atom. The van der Waals surface area contributed by atoms with Gasteiger partial charge in [-0.15, -0.1) is 11.8 Å². The molecule has 17 heavy (non-hydrogen) atoms. The monoisotopic (exact) mass is 251 g/mol. The van der Waals surface area contributed by atoms with Crippen LogP contribution in [0.15, 0.2) is 41.0 Å². The molecule has 0 aliphatic heterocycles. The van der Waals surface area contributed by atoms with Gasteiger partial charge in [0.05, 0.1) is 12.0 Å². The summed E-state index contributed by atoms with van der Waals surface area (Å²) in [6.07, 6.45) is 1.64. The lowest BCUT2D eigenvalue weighted by Crippen LogP contribution is -1.98. The molecule has 2 nitrogen and oxygen atoms in total. The van der Waals surface area contributed by atoms with Crippen molar-refractivity contribution >= 4 is 11.8 Å². The molecule has 1 aromatic carbocycles. The van der Waals surface area contributed by atoms with Gasteiger partial charge in [-0.05, 0) is 29.3 Å². The Balaban J connectivity index is 1.94. The molecular weight excluding hydrogens is 237 g/mol. The van der Waals surface area contributed by atoms with E-state index in [1.54, 1.807) is 24.1 Å². The molecule has 0 unspecified atom stereocenters. The van der Waals surface area contributed by atoms with Crippen molar-refractivity contribution in [2.45, 2.75) is 18.1 Å². The Kier molecular flexibility index (Phi) is 4.23. The highest BCUT2D eigenvalue weighted by Gasteiger charge is 2.04. The van der Waals surface area contributed by atoms with Gasteiger partial charge in [0, 0.05) is 12.3 Å². The Labute approximate surface area is 104 Å². The normalized spacial score (nSPS) is 10.7. The van der Waals surface area contributed by atoms with Crippen LogP contribution in [0, 0.1) is 5.82 Å². The van der Waals surface area contributed by atoms with Crippen molar-refractivity contribution in [2.24, 2.45) is 5.73 Å². The number of halogens is 1. The SMILES string of the molecule is NCc1ccc(F)c(CSCc2ccco2)c1. The van der Waals surface area contributed by atoms with Gasteiger partial charge in [-0.1, -0.05) is 12.1 Å². The lowest BCUT2D eigenvalue weighted by molar-refractivity contribution is 0.530. The zero-order chi connectivity index (χ0) is 12.1. The fourth-order valence-electron chi connectivity index (χ4n) is 1.52. The second-order valence-electron chi connectivity index (χ2n) is 3.70. The van der Waals surface area contributed by atoms with Crippen molar-refractivity contribution in [3.8, 4) is 0 Å². The summed E-state index contributed by atoms with van der Waals surface area (Å²) in [5, 5.41) is 0. The van der Waals surface area contributed by atoms with Gasteiger partial charge in [0.1, 0.15) is 11.6 Å². The molecule has 0 atom stereocenters. The minimum Gasteiger partial charge on any atom is -0.468 e. The predicted molar refractivity (Wildman–Crippen MR) is 68.0 cm³/mol. The smallest absolute Gasteiger partial charge is 0.127 e. The first-order chi connectivity index (χ1) is 8.29. The summed E-state index contributed by atoms with van der Waals surface area (Å²) in [4.78, 5) is 0. The minimum atomic E-state index is -0.172. The zero-order valence-electron chi connectivity index (χ0n) is 9.36. The predicted octanol–water partition coefficient (Wildman–Crippen LogP) is 3.31. The molecule has 0 radical (unpaired) electrons. The maximum atomic E-state index is 13.5. The fourth-order valence-corrected chi connectivity index (χ4v) is 2.43. The quantitative estimate of drug-likeness (QED) is 0.886. The molecule has 1 heterocycles. The molecular formula is C13H14FNOS. The lowest BCUT2D eigenvalue weighted by atomic mass is 10.1. The first kappa shape index (κ1) is 12.2. The molecule has 0 amide bonds. The standard InChI is InChI=1S/C13H14FNOS/c14-13-4-3-10(7-15)6-11(13)8-17-9-12-2-1-5-16-12/h1-6H,7-9,15H2. The van der Waals surface area contributed by atoms with Crippen molar-refractivity contribution in [2.75, 3.05) is 0 Å². The van der Waals surface area contributed by atoms with E-state index in [2.05, 4.69) is 0 Å². The van der Waals surface area contributed by atoms with Crippen LogP contribution in [-0.4, -0.2) is 0 Å². The van der Waals surface area contributed by atoms with Gasteiger partial charge in [0.2, 0.25) is 0 Å². The number of nitrogens with two attached hydrogens (primary N) is 1.